The summed E-state index contributed by atoms with van der Waals surface area (Å²) >= 11 is 0. The van der Waals surface area contributed by atoms with Crippen molar-refractivity contribution in [3.8, 4) is 0 Å². The third-order valence-corrected chi connectivity index (χ3v) is 2.77. The molecule has 1 heterocycles. The fraction of sp³-hybridized carbons (Fsp3) is 0.778. The summed E-state index contributed by atoms with van der Waals surface area (Å²) in [6, 6.07) is -2.15. The summed E-state index contributed by atoms with van der Waals surface area (Å²) in [5, 5.41) is 19.9. The van der Waals surface area contributed by atoms with Gasteiger partial charge in [-0.05, 0) is 6.92 Å². The molecule has 1 aliphatic heterocycles. The number of aliphatic carboxylic acids is 1. The van der Waals surface area contributed by atoms with E-state index >= 15 is 0 Å². The molecular formula is C9H13F3N2O4. The zero-order valence-electron chi connectivity index (χ0n) is 9.49. The lowest BCUT2D eigenvalue weighted by Gasteiger charge is -2.26. The molecule has 0 radical (unpaired) electrons. The van der Waals surface area contributed by atoms with E-state index in [9.17, 15) is 27.9 Å². The molecule has 1 aliphatic rings. The minimum absolute atomic E-state index is 0.284. The number of rotatable bonds is 2. The Morgan fingerprint density at radius 1 is 1.44 bits per heavy atom. The Balaban J connectivity index is 2.62. The van der Waals surface area contributed by atoms with E-state index in [0.29, 0.717) is 0 Å². The predicted octanol–water partition coefficient (Wildman–Crippen LogP) is 0.168. The molecule has 0 bridgehead atoms. The molecule has 0 saturated carbocycles. The molecule has 18 heavy (non-hydrogen) atoms. The zero-order chi connectivity index (χ0) is 14.1. The number of β-amino-alcohol motifs (C(OH)–C–C–N with tert-alkyl or cyclic N) is 1. The van der Waals surface area contributed by atoms with Gasteiger partial charge in [-0.1, -0.05) is 0 Å². The average Bonchev–Trinajstić information content (AvgIpc) is 2.61. The number of hydrogen-bond donors (Lipinski definition) is 3. The number of hydrogen-bond acceptors (Lipinski definition) is 3. The van der Waals surface area contributed by atoms with Gasteiger partial charge < -0.3 is 20.4 Å². The molecule has 9 heteroatoms. The second kappa shape index (κ2) is 4.63. The van der Waals surface area contributed by atoms with Crippen molar-refractivity contribution in [3.05, 3.63) is 0 Å². The van der Waals surface area contributed by atoms with E-state index in [-0.39, 0.29) is 6.54 Å². The molecule has 3 N–H and O–H groups in total. The van der Waals surface area contributed by atoms with Crippen LogP contribution in [0.1, 0.15) is 13.3 Å². The summed E-state index contributed by atoms with van der Waals surface area (Å²) < 4.78 is 37.4. The Morgan fingerprint density at radius 2 is 2.00 bits per heavy atom. The SMILES string of the molecule is CC(NC(=O)N1CCC(O)(C(F)(F)F)C1)C(=O)O. The lowest BCUT2D eigenvalue weighted by molar-refractivity contribution is -0.253. The monoisotopic (exact) mass is 270 g/mol. The second-order valence-corrected chi connectivity index (χ2v) is 4.21. The van der Waals surface area contributed by atoms with E-state index in [0.717, 1.165) is 4.90 Å². The fourth-order valence-corrected chi connectivity index (χ4v) is 1.54. The predicted molar refractivity (Wildman–Crippen MR) is 52.8 cm³/mol. The van der Waals surface area contributed by atoms with Crippen LogP contribution in [0.2, 0.25) is 0 Å². The third-order valence-electron chi connectivity index (χ3n) is 2.77. The molecule has 0 aromatic heterocycles. The van der Waals surface area contributed by atoms with Gasteiger partial charge in [-0.3, -0.25) is 4.79 Å². The number of aliphatic hydroxyl groups is 1. The molecule has 0 spiro atoms. The summed E-state index contributed by atoms with van der Waals surface area (Å²) in [6.45, 7) is 0.00904. The number of nitrogens with zero attached hydrogens (tertiary/aromatic N) is 1. The van der Waals surface area contributed by atoms with Crippen LogP contribution < -0.4 is 5.32 Å². The highest BCUT2D eigenvalue weighted by Crippen LogP contribution is 2.37. The second-order valence-electron chi connectivity index (χ2n) is 4.21. The Kier molecular flexibility index (Phi) is 3.75. The van der Waals surface area contributed by atoms with E-state index in [2.05, 4.69) is 0 Å². The molecule has 1 saturated heterocycles. The topological polar surface area (TPSA) is 89.9 Å². The van der Waals surface area contributed by atoms with Crippen molar-refractivity contribution in [3.63, 3.8) is 0 Å². The van der Waals surface area contributed by atoms with Gasteiger partial charge in [0.1, 0.15) is 6.04 Å². The van der Waals surface area contributed by atoms with Crippen molar-refractivity contribution >= 4 is 12.0 Å². The summed E-state index contributed by atoms with van der Waals surface area (Å²) in [5.41, 5.74) is -2.92. The first kappa shape index (κ1) is 14.6. The van der Waals surface area contributed by atoms with Crippen LogP contribution in [0.4, 0.5) is 18.0 Å². The first-order chi connectivity index (χ1) is 8.07. The van der Waals surface area contributed by atoms with Gasteiger partial charge in [-0.15, -0.1) is 0 Å². The number of urea groups is 1. The maximum atomic E-state index is 12.5. The van der Waals surface area contributed by atoms with Crippen LogP contribution in [-0.4, -0.2) is 58.0 Å². The van der Waals surface area contributed by atoms with Gasteiger partial charge in [0.2, 0.25) is 0 Å². The summed E-state index contributed by atoms with van der Waals surface area (Å²) in [7, 11) is 0. The van der Waals surface area contributed by atoms with E-state index in [1.54, 1.807) is 0 Å². The quantitative estimate of drug-likeness (QED) is 0.667. The first-order valence-electron chi connectivity index (χ1n) is 5.14. The maximum Gasteiger partial charge on any atom is 0.419 e. The van der Waals surface area contributed by atoms with E-state index in [1.165, 1.54) is 6.92 Å². The number of amides is 2. The van der Waals surface area contributed by atoms with E-state index in [4.69, 9.17) is 5.11 Å². The normalized spacial score (nSPS) is 25.9. The van der Waals surface area contributed by atoms with Crippen LogP contribution in [-0.2, 0) is 4.79 Å². The molecule has 2 atom stereocenters. The zero-order valence-corrected chi connectivity index (χ0v) is 9.49. The average molecular weight is 270 g/mol. The molecule has 1 fully saturated rings. The molecule has 1 rings (SSSR count). The van der Waals surface area contributed by atoms with Gasteiger partial charge in [-0.25, -0.2) is 4.79 Å². The van der Waals surface area contributed by atoms with Crippen molar-refractivity contribution in [2.75, 3.05) is 13.1 Å². The van der Waals surface area contributed by atoms with Crippen molar-refractivity contribution in [1.82, 2.24) is 10.2 Å². The minimum Gasteiger partial charge on any atom is -0.480 e. The number of carbonyl (C=O) groups is 2. The Morgan fingerprint density at radius 3 is 2.39 bits per heavy atom. The van der Waals surface area contributed by atoms with Crippen LogP contribution in [0.25, 0.3) is 0 Å². The van der Waals surface area contributed by atoms with Crippen molar-refractivity contribution in [2.45, 2.75) is 31.2 Å². The van der Waals surface area contributed by atoms with Crippen LogP contribution >= 0.6 is 0 Å². The van der Waals surface area contributed by atoms with Crippen molar-refractivity contribution in [2.24, 2.45) is 0 Å². The number of alkyl halides is 3. The number of carboxylic acid groups (broad SMARTS) is 1. The van der Waals surface area contributed by atoms with Crippen molar-refractivity contribution in [1.29, 1.82) is 0 Å². The molecule has 0 aromatic carbocycles. The van der Waals surface area contributed by atoms with Gasteiger partial charge >= 0.3 is 18.2 Å². The highest BCUT2D eigenvalue weighted by Gasteiger charge is 2.57. The molecule has 2 amide bonds. The number of carbonyl (C=O) groups excluding carboxylic acids is 1. The van der Waals surface area contributed by atoms with E-state index < -0.39 is 42.8 Å². The number of likely N-dealkylation sites (tertiary alicyclic amines) is 1. The molecule has 6 nitrogen and oxygen atoms in total. The van der Waals surface area contributed by atoms with Gasteiger partial charge in [0.05, 0.1) is 6.54 Å². The Labute approximate surface area is 100 Å². The van der Waals surface area contributed by atoms with Gasteiger partial charge in [-0.2, -0.15) is 13.2 Å². The molecule has 0 aromatic rings. The highest BCUT2D eigenvalue weighted by molar-refractivity contribution is 5.82. The first-order valence-corrected chi connectivity index (χ1v) is 5.14. The van der Waals surface area contributed by atoms with Gasteiger partial charge in [0, 0.05) is 13.0 Å². The summed E-state index contributed by atoms with van der Waals surface area (Å²) in [5.74, 6) is -1.30. The van der Waals surface area contributed by atoms with Crippen LogP contribution in [0, 0.1) is 0 Å². The molecule has 104 valence electrons. The summed E-state index contributed by atoms with van der Waals surface area (Å²) in [4.78, 5) is 22.7. The fourth-order valence-electron chi connectivity index (χ4n) is 1.54. The lowest BCUT2D eigenvalue weighted by atomic mass is 10.0. The van der Waals surface area contributed by atoms with Crippen LogP contribution in [0.3, 0.4) is 0 Å². The van der Waals surface area contributed by atoms with Gasteiger partial charge in [0.15, 0.2) is 5.60 Å². The smallest absolute Gasteiger partial charge is 0.419 e. The van der Waals surface area contributed by atoms with Gasteiger partial charge in [0.25, 0.3) is 0 Å². The standard InChI is InChI=1S/C9H13F3N2O4/c1-5(6(15)16)13-7(17)14-3-2-8(18,4-14)9(10,11)12/h5,18H,2-4H2,1H3,(H,13,17)(H,15,16). The van der Waals surface area contributed by atoms with Crippen LogP contribution in [0.5, 0.6) is 0 Å². The third kappa shape index (κ3) is 2.84. The lowest BCUT2D eigenvalue weighted by Crippen LogP contribution is -2.51. The number of nitrogens with one attached hydrogen (secondary N) is 1. The molecular weight excluding hydrogens is 257 g/mol. The minimum atomic E-state index is -4.82. The Hall–Kier alpha value is -1.51. The maximum absolute atomic E-state index is 12.5. The molecule has 0 aliphatic carbocycles. The van der Waals surface area contributed by atoms with Crippen LogP contribution in [0.15, 0.2) is 0 Å². The number of carboxylic acids is 1. The van der Waals surface area contributed by atoms with E-state index in [1.807, 2.05) is 5.32 Å². The van der Waals surface area contributed by atoms with Crippen molar-refractivity contribution < 1.29 is 33.0 Å². The summed E-state index contributed by atoms with van der Waals surface area (Å²) in [6.07, 6.45) is -5.44. The molecule has 2 unspecified atom stereocenters. The number of halogens is 3. The Bertz CT molecular complexity index is 360. The largest absolute Gasteiger partial charge is 0.480 e. The highest BCUT2D eigenvalue weighted by atomic mass is 19.4.